The van der Waals surface area contributed by atoms with Gasteiger partial charge in [-0.2, -0.15) is 5.10 Å². The van der Waals surface area contributed by atoms with Gasteiger partial charge < -0.3 is 14.5 Å². The molecule has 0 spiro atoms. The van der Waals surface area contributed by atoms with Gasteiger partial charge in [-0.15, -0.1) is 0 Å². The summed E-state index contributed by atoms with van der Waals surface area (Å²) >= 11 is 1.12. The van der Waals surface area contributed by atoms with Crippen molar-refractivity contribution in [2.75, 3.05) is 18.2 Å². The predicted molar refractivity (Wildman–Crippen MR) is 127 cm³/mol. The summed E-state index contributed by atoms with van der Waals surface area (Å²) in [4.78, 5) is 42.5. The number of thioether (sulfide) groups is 1. The van der Waals surface area contributed by atoms with Crippen molar-refractivity contribution in [2.24, 2.45) is 7.05 Å². The number of nitrogens with zero attached hydrogens (tertiary/aromatic N) is 4. The molecule has 176 valence electrons. The molecule has 1 N–H and O–H groups in total. The molecule has 4 rings (SSSR count). The summed E-state index contributed by atoms with van der Waals surface area (Å²) in [6.07, 6.45) is 1.52. The van der Waals surface area contributed by atoms with Crippen LogP contribution in [-0.4, -0.2) is 44.1 Å². The van der Waals surface area contributed by atoms with E-state index in [2.05, 4.69) is 15.4 Å². The monoisotopic (exact) mass is 481 g/mol. The summed E-state index contributed by atoms with van der Waals surface area (Å²) in [7, 11) is 3.09. The fraction of sp³-hybridized carbons (Fsp3) is 0.261. The van der Waals surface area contributed by atoms with Crippen molar-refractivity contribution in [3.05, 3.63) is 69.7 Å². The van der Waals surface area contributed by atoms with Crippen molar-refractivity contribution in [1.29, 1.82) is 0 Å². The number of aryl methyl sites for hydroxylation is 2. The Morgan fingerprint density at radius 2 is 2.03 bits per heavy atom. The number of hydrogen-bond acceptors (Lipinski definition) is 8. The van der Waals surface area contributed by atoms with Crippen LogP contribution in [0.15, 0.2) is 51.0 Å². The molecule has 0 saturated heterocycles. The van der Waals surface area contributed by atoms with Crippen molar-refractivity contribution in [3.8, 4) is 0 Å². The number of rotatable bonds is 7. The number of amides is 1. The molecule has 34 heavy (non-hydrogen) atoms. The highest BCUT2D eigenvalue weighted by atomic mass is 32.2. The van der Waals surface area contributed by atoms with Crippen molar-refractivity contribution in [2.45, 2.75) is 25.5 Å². The maximum atomic E-state index is 13.3. The van der Waals surface area contributed by atoms with E-state index in [1.807, 2.05) is 20.9 Å². The largest absolute Gasteiger partial charge is 0.467 e. The summed E-state index contributed by atoms with van der Waals surface area (Å²) in [5.41, 5.74) is 2.53. The summed E-state index contributed by atoms with van der Waals surface area (Å²) < 4.78 is 13.3. The van der Waals surface area contributed by atoms with Crippen molar-refractivity contribution in [3.63, 3.8) is 0 Å². The van der Waals surface area contributed by atoms with Crippen molar-refractivity contribution >= 4 is 40.2 Å². The zero-order chi connectivity index (χ0) is 24.4. The molecule has 0 aliphatic heterocycles. The number of esters is 1. The molecule has 0 radical (unpaired) electrons. The zero-order valence-electron chi connectivity index (χ0n) is 19.1. The first-order valence-corrected chi connectivity index (χ1v) is 11.3. The Morgan fingerprint density at radius 3 is 2.68 bits per heavy atom. The van der Waals surface area contributed by atoms with E-state index in [-0.39, 0.29) is 29.3 Å². The van der Waals surface area contributed by atoms with E-state index in [4.69, 9.17) is 9.15 Å². The number of furan rings is 1. The first-order valence-electron chi connectivity index (χ1n) is 10.4. The van der Waals surface area contributed by atoms with Crippen LogP contribution in [-0.2, 0) is 23.1 Å². The molecule has 0 aliphatic rings. The summed E-state index contributed by atoms with van der Waals surface area (Å²) in [5, 5.41) is 7.85. The molecule has 3 heterocycles. The number of hydrogen-bond donors (Lipinski definition) is 1. The number of carbonyl (C=O) groups excluding carboxylic acids is 2. The molecule has 3 aromatic heterocycles. The van der Waals surface area contributed by atoms with Crippen LogP contribution in [0.4, 0.5) is 5.69 Å². The molecule has 1 amide bonds. The fourth-order valence-electron chi connectivity index (χ4n) is 3.51. The van der Waals surface area contributed by atoms with Crippen LogP contribution in [0.1, 0.15) is 27.5 Å². The number of methoxy groups -OCH3 is 1. The van der Waals surface area contributed by atoms with E-state index >= 15 is 0 Å². The number of anilines is 1. The molecule has 0 unspecified atom stereocenters. The predicted octanol–water partition coefficient (Wildman–Crippen LogP) is 2.91. The fourth-order valence-corrected chi connectivity index (χ4v) is 4.31. The Morgan fingerprint density at radius 1 is 1.24 bits per heavy atom. The highest BCUT2D eigenvalue weighted by molar-refractivity contribution is 7.99. The normalized spacial score (nSPS) is 11.1. The Balaban J connectivity index is 1.67. The molecule has 4 aromatic rings. The molecule has 0 atom stereocenters. The van der Waals surface area contributed by atoms with Crippen LogP contribution < -0.4 is 10.9 Å². The van der Waals surface area contributed by atoms with Gasteiger partial charge in [-0.3, -0.25) is 18.8 Å². The van der Waals surface area contributed by atoms with E-state index < -0.39 is 5.97 Å². The minimum absolute atomic E-state index is 0.0145. The third-order valence-corrected chi connectivity index (χ3v) is 6.32. The van der Waals surface area contributed by atoms with Gasteiger partial charge in [0.2, 0.25) is 5.91 Å². The van der Waals surface area contributed by atoms with Gasteiger partial charge in [0, 0.05) is 7.05 Å². The van der Waals surface area contributed by atoms with Gasteiger partial charge in [0.15, 0.2) is 5.16 Å². The van der Waals surface area contributed by atoms with Gasteiger partial charge in [-0.25, -0.2) is 9.78 Å². The third-order valence-electron chi connectivity index (χ3n) is 5.34. The number of benzene rings is 1. The highest BCUT2D eigenvalue weighted by Gasteiger charge is 2.18. The van der Waals surface area contributed by atoms with Crippen LogP contribution in [0.2, 0.25) is 0 Å². The molecule has 0 saturated carbocycles. The van der Waals surface area contributed by atoms with Gasteiger partial charge in [0.1, 0.15) is 5.76 Å². The van der Waals surface area contributed by atoms with Crippen LogP contribution in [0.3, 0.4) is 0 Å². The van der Waals surface area contributed by atoms with E-state index in [9.17, 15) is 14.4 Å². The summed E-state index contributed by atoms with van der Waals surface area (Å²) in [6, 6.07) is 8.06. The third kappa shape index (κ3) is 4.60. The summed E-state index contributed by atoms with van der Waals surface area (Å²) in [5.74, 6) is -0.200. The lowest BCUT2D eigenvalue weighted by atomic mass is 10.1. The summed E-state index contributed by atoms with van der Waals surface area (Å²) in [6.45, 7) is 3.84. The average molecular weight is 482 g/mol. The molecule has 1 aromatic carbocycles. The smallest absolute Gasteiger partial charge is 0.337 e. The second-order valence-electron chi connectivity index (χ2n) is 7.59. The van der Waals surface area contributed by atoms with E-state index in [1.54, 1.807) is 22.9 Å². The molecule has 0 fully saturated rings. The first kappa shape index (κ1) is 23.3. The molecule has 0 bridgehead atoms. The van der Waals surface area contributed by atoms with Gasteiger partial charge in [-0.1, -0.05) is 11.8 Å². The van der Waals surface area contributed by atoms with Crippen LogP contribution >= 0.6 is 11.8 Å². The SMILES string of the molecule is COC(=O)c1ccc2c(=O)n(Cc3ccco3)c(SCC(=O)Nc3c(C)nn(C)c3C)nc2c1. The maximum absolute atomic E-state index is 13.3. The quantitative estimate of drug-likeness (QED) is 0.243. The molecule has 11 heteroatoms. The topological polar surface area (TPSA) is 121 Å². The number of aromatic nitrogens is 4. The molecule has 10 nitrogen and oxygen atoms in total. The lowest BCUT2D eigenvalue weighted by Gasteiger charge is -2.13. The number of fused-ring (bicyclic) bond motifs is 1. The van der Waals surface area contributed by atoms with Crippen LogP contribution in [0, 0.1) is 13.8 Å². The maximum Gasteiger partial charge on any atom is 0.337 e. The Kier molecular flexibility index (Phi) is 6.55. The Hall–Kier alpha value is -3.86. The molecule has 0 aliphatic carbocycles. The lowest BCUT2D eigenvalue weighted by molar-refractivity contribution is -0.113. The highest BCUT2D eigenvalue weighted by Crippen LogP contribution is 2.22. The molecular weight excluding hydrogens is 458 g/mol. The Bertz CT molecular complexity index is 1440. The van der Waals surface area contributed by atoms with Crippen molar-refractivity contribution < 1.29 is 18.7 Å². The van der Waals surface area contributed by atoms with E-state index in [0.29, 0.717) is 33.2 Å². The van der Waals surface area contributed by atoms with Gasteiger partial charge in [0.25, 0.3) is 5.56 Å². The Labute approximate surface area is 198 Å². The number of nitrogens with one attached hydrogen (secondary N) is 1. The standard InChI is InChI=1S/C23H23N5O5S/c1-13-20(14(2)27(3)26-13)25-19(29)12-34-23-24-18-10-15(22(31)32-4)7-8-17(18)21(30)28(23)11-16-6-5-9-33-16/h5-10H,11-12H2,1-4H3,(H,25,29). The molecular formula is C23H23N5O5S. The van der Waals surface area contributed by atoms with E-state index in [1.165, 1.54) is 30.1 Å². The second-order valence-corrected chi connectivity index (χ2v) is 8.54. The van der Waals surface area contributed by atoms with Gasteiger partial charge in [0.05, 0.1) is 59.2 Å². The van der Waals surface area contributed by atoms with Gasteiger partial charge >= 0.3 is 5.97 Å². The average Bonchev–Trinajstić information content (AvgIpc) is 3.42. The second kappa shape index (κ2) is 9.56. The van der Waals surface area contributed by atoms with E-state index in [0.717, 1.165) is 17.5 Å². The minimum Gasteiger partial charge on any atom is -0.467 e. The number of carbonyl (C=O) groups is 2. The van der Waals surface area contributed by atoms with Crippen LogP contribution in [0.5, 0.6) is 0 Å². The zero-order valence-corrected chi connectivity index (χ0v) is 19.9. The number of ether oxygens (including phenoxy) is 1. The minimum atomic E-state index is -0.528. The lowest BCUT2D eigenvalue weighted by Crippen LogP contribution is -2.25. The van der Waals surface area contributed by atoms with Crippen molar-refractivity contribution in [1.82, 2.24) is 19.3 Å². The first-order chi connectivity index (χ1) is 16.3. The van der Waals surface area contributed by atoms with Crippen LogP contribution in [0.25, 0.3) is 10.9 Å². The van der Waals surface area contributed by atoms with Gasteiger partial charge in [-0.05, 0) is 44.2 Å².